The van der Waals surface area contributed by atoms with E-state index in [2.05, 4.69) is 262 Å². The Morgan fingerprint density at radius 3 is 1.11 bits per heavy atom. The largest absolute Gasteiger partial charge is 0.456 e. The molecule has 13 aromatic carbocycles. The van der Waals surface area contributed by atoms with E-state index >= 15 is 0 Å². The van der Waals surface area contributed by atoms with Crippen LogP contribution in [0.25, 0.3) is 183 Å². The summed E-state index contributed by atoms with van der Waals surface area (Å²) >= 11 is 0. The summed E-state index contributed by atoms with van der Waals surface area (Å²) in [6.07, 6.45) is 0. The van der Waals surface area contributed by atoms with Gasteiger partial charge in [0, 0.05) is 87.6 Å². The number of nitrogens with zero attached hydrogens (tertiary/aromatic N) is 6. The molecule has 0 saturated heterocycles. The van der Waals surface area contributed by atoms with Crippen LogP contribution in [-0.2, 0) is 0 Å². The van der Waals surface area contributed by atoms with Crippen molar-refractivity contribution in [2.24, 2.45) is 0 Å². The van der Waals surface area contributed by atoms with Crippen molar-refractivity contribution >= 4 is 109 Å². The normalized spacial score (nSPS) is 12.0. The topological polar surface area (TPSA) is 79.7 Å². The van der Waals surface area contributed by atoms with Gasteiger partial charge in [-0.1, -0.05) is 182 Å². The number of para-hydroxylation sites is 5. The van der Waals surface area contributed by atoms with E-state index in [0.29, 0.717) is 17.5 Å². The van der Waals surface area contributed by atoms with Gasteiger partial charge in [-0.05, 0) is 131 Å². The van der Waals surface area contributed by atoms with Crippen molar-refractivity contribution in [2.75, 3.05) is 0 Å². The maximum absolute atomic E-state index is 6.75. The molecule has 0 aliphatic carbocycles. The predicted octanol–water partition coefficient (Wildman–Crippen LogP) is 21.3. The first-order valence-electron chi connectivity index (χ1n) is 30.1. The zero-order valence-electron chi connectivity index (χ0n) is 47.7. The minimum absolute atomic E-state index is 0.537. The lowest BCUT2D eigenvalue weighted by molar-refractivity contribution is 0.668. The smallest absolute Gasteiger partial charge is 0.164 e. The number of hydrogen-bond donors (Lipinski definition) is 0. The summed E-state index contributed by atoms with van der Waals surface area (Å²) in [7, 11) is 0. The van der Waals surface area contributed by atoms with E-state index in [0.717, 1.165) is 116 Å². The van der Waals surface area contributed by atoms with Gasteiger partial charge < -0.3 is 22.5 Å². The molecule has 8 nitrogen and oxygen atoms in total. The van der Waals surface area contributed by atoms with Crippen LogP contribution in [0.4, 0.5) is 0 Å². The first kappa shape index (κ1) is 49.2. The highest BCUT2D eigenvalue weighted by Crippen LogP contribution is 2.46. The van der Waals surface area contributed by atoms with Crippen molar-refractivity contribution in [3.05, 3.63) is 291 Å². The van der Waals surface area contributed by atoms with E-state index < -0.39 is 0 Å². The highest BCUT2D eigenvalue weighted by atomic mass is 16.3. The molecule has 0 fully saturated rings. The third-order valence-corrected chi connectivity index (χ3v) is 18.1. The molecule has 0 atom stereocenters. The summed E-state index contributed by atoms with van der Waals surface area (Å²) in [4.78, 5) is 16.1. The van der Waals surface area contributed by atoms with E-state index in [4.69, 9.17) is 23.8 Å². The van der Waals surface area contributed by atoms with Gasteiger partial charge in [0.25, 0.3) is 0 Å². The SMILES string of the molecule is c1ccc(-c2nc(-c3cccc4oc5ccc(-c6ccc7c(c6)c6ccccc6n7-c6ccccc6)cc5c34)nc(-c3cccc4oc5ccc(-c6ccc7c(c6)c6ccc8c9ccccc9n(-c9ccccc9)c8c6n7-c6ccccc6)cc5c34)n2)cc1. The molecule has 19 aromatic rings. The Balaban J connectivity index is 0.770. The summed E-state index contributed by atoms with van der Waals surface area (Å²) in [5.41, 5.74) is 20.3. The van der Waals surface area contributed by atoms with Gasteiger partial charge in [-0.25, -0.2) is 15.0 Å². The summed E-state index contributed by atoms with van der Waals surface area (Å²) < 4.78 is 20.7. The monoisotopic (exact) mass is 1140 g/mol. The quantitative estimate of drug-likeness (QED) is 0.151. The molecule has 0 aliphatic rings. The molecule has 6 heterocycles. The molecule has 19 rings (SSSR count). The van der Waals surface area contributed by atoms with Crippen LogP contribution in [0.5, 0.6) is 0 Å². The molecule has 6 aromatic heterocycles. The fourth-order valence-corrected chi connectivity index (χ4v) is 14.1. The summed E-state index contributed by atoms with van der Waals surface area (Å²) in [5, 5.41) is 11.0. The van der Waals surface area contributed by atoms with Crippen molar-refractivity contribution in [1.29, 1.82) is 0 Å². The molecule has 0 bridgehead atoms. The van der Waals surface area contributed by atoms with Crippen LogP contribution in [0.1, 0.15) is 0 Å². The van der Waals surface area contributed by atoms with Crippen molar-refractivity contribution < 1.29 is 8.83 Å². The van der Waals surface area contributed by atoms with Crippen LogP contribution < -0.4 is 0 Å². The van der Waals surface area contributed by atoms with Gasteiger partial charge in [-0.15, -0.1) is 0 Å². The fraction of sp³-hybridized carbons (Fsp3) is 0. The van der Waals surface area contributed by atoms with Gasteiger partial charge in [0.1, 0.15) is 22.3 Å². The Morgan fingerprint density at radius 1 is 0.225 bits per heavy atom. The van der Waals surface area contributed by atoms with Crippen LogP contribution in [0.2, 0.25) is 0 Å². The number of benzene rings is 13. The predicted molar refractivity (Wildman–Crippen MR) is 365 cm³/mol. The van der Waals surface area contributed by atoms with Gasteiger partial charge >= 0.3 is 0 Å². The van der Waals surface area contributed by atoms with Crippen molar-refractivity contribution in [3.8, 4) is 73.5 Å². The minimum atomic E-state index is 0.537. The zero-order valence-corrected chi connectivity index (χ0v) is 47.7. The molecule has 0 radical (unpaired) electrons. The lowest BCUT2D eigenvalue weighted by Crippen LogP contribution is -2.00. The van der Waals surface area contributed by atoms with Crippen LogP contribution >= 0.6 is 0 Å². The average Bonchev–Trinajstić information content (AvgIpc) is 1.59. The van der Waals surface area contributed by atoms with Crippen molar-refractivity contribution in [3.63, 3.8) is 0 Å². The summed E-state index contributed by atoms with van der Waals surface area (Å²) in [5.74, 6) is 1.64. The number of fused-ring (bicyclic) bond motifs is 16. The fourth-order valence-electron chi connectivity index (χ4n) is 14.1. The van der Waals surface area contributed by atoms with Crippen LogP contribution in [0.3, 0.4) is 0 Å². The molecule has 0 N–H and O–H groups in total. The van der Waals surface area contributed by atoms with Gasteiger partial charge in [-0.2, -0.15) is 0 Å². The summed E-state index contributed by atoms with van der Waals surface area (Å²) in [6.45, 7) is 0. The number of furan rings is 2. The standard InChI is InChI=1S/C81H48N6O2/c1-5-19-49(20-6-1)79-82-80(61-29-17-33-73-75(61)65-47-52(37-43-71(65)88-73)50-35-41-69-63(45-50)58-28-14-15-31-67(58)85(69)54-21-7-2-8-22-54)84-81(83-79)62-30-18-34-74-76(62)66-48-53(38-44-72(66)89-74)51-36-42-70-64(46-51)60-40-39-59-57-27-13-16-32-68(57)86(55-23-9-3-10-24-55)77(59)78(60)87(70)56-25-11-4-12-26-56/h1-48H. The third kappa shape index (κ3) is 7.51. The Hall–Kier alpha value is -12.1. The lowest BCUT2D eigenvalue weighted by Gasteiger charge is -2.12. The molecule has 0 unspecified atom stereocenters. The van der Waals surface area contributed by atoms with Gasteiger partial charge in [0.05, 0.1) is 33.1 Å². The molecule has 0 amide bonds. The highest BCUT2D eigenvalue weighted by molar-refractivity contribution is 6.24. The highest BCUT2D eigenvalue weighted by Gasteiger charge is 2.25. The Kier molecular flexibility index (Phi) is 10.6. The molecular formula is C81H48N6O2. The second kappa shape index (κ2) is 19.2. The first-order chi connectivity index (χ1) is 44.1. The molecule has 0 saturated carbocycles. The molecule has 0 aliphatic heterocycles. The van der Waals surface area contributed by atoms with E-state index in [9.17, 15) is 0 Å². The zero-order chi connectivity index (χ0) is 58.3. The Bertz CT molecular complexity index is 6090. The maximum Gasteiger partial charge on any atom is 0.164 e. The minimum Gasteiger partial charge on any atom is -0.456 e. The van der Waals surface area contributed by atoms with Crippen molar-refractivity contribution in [1.82, 2.24) is 28.7 Å². The second-order valence-corrected chi connectivity index (χ2v) is 23.0. The van der Waals surface area contributed by atoms with E-state index in [1.54, 1.807) is 0 Å². The van der Waals surface area contributed by atoms with Crippen LogP contribution in [0.15, 0.2) is 300 Å². The number of hydrogen-bond acceptors (Lipinski definition) is 5. The van der Waals surface area contributed by atoms with Crippen LogP contribution in [-0.4, -0.2) is 28.7 Å². The maximum atomic E-state index is 6.75. The van der Waals surface area contributed by atoms with E-state index in [-0.39, 0.29) is 0 Å². The van der Waals surface area contributed by atoms with E-state index in [1.165, 1.54) is 48.9 Å². The molecule has 8 heteroatoms. The van der Waals surface area contributed by atoms with Gasteiger partial charge in [0.15, 0.2) is 17.5 Å². The molecular weight excluding hydrogens is 1090 g/mol. The number of aromatic nitrogens is 6. The van der Waals surface area contributed by atoms with Crippen LogP contribution in [0, 0.1) is 0 Å². The van der Waals surface area contributed by atoms with E-state index in [1.807, 2.05) is 42.5 Å². The average molecular weight is 1140 g/mol. The molecule has 0 spiro atoms. The Labute approximate surface area is 508 Å². The lowest BCUT2D eigenvalue weighted by atomic mass is 9.98. The number of rotatable bonds is 8. The first-order valence-corrected chi connectivity index (χ1v) is 30.1. The molecule has 89 heavy (non-hydrogen) atoms. The Morgan fingerprint density at radius 2 is 0.596 bits per heavy atom. The third-order valence-electron chi connectivity index (χ3n) is 18.1. The summed E-state index contributed by atoms with van der Waals surface area (Å²) in [6, 6.07) is 103. The van der Waals surface area contributed by atoms with Gasteiger partial charge in [-0.3, -0.25) is 0 Å². The van der Waals surface area contributed by atoms with Gasteiger partial charge in [0.2, 0.25) is 0 Å². The second-order valence-electron chi connectivity index (χ2n) is 23.0. The van der Waals surface area contributed by atoms with Crippen molar-refractivity contribution in [2.45, 2.75) is 0 Å². The molecule has 414 valence electrons.